The Labute approximate surface area is 189 Å². The number of aromatic amines is 1. The summed E-state index contributed by atoms with van der Waals surface area (Å²) in [4.78, 5) is 42.1. The molecule has 3 aromatic rings. The minimum absolute atomic E-state index is 0.446. The first kappa shape index (κ1) is 22.1. The predicted octanol–water partition coefficient (Wildman–Crippen LogP) is 2.70. The molecule has 170 valence electrons. The summed E-state index contributed by atoms with van der Waals surface area (Å²) in [7, 11) is 0. The first-order chi connectivity index (χ1) is 15.9. The first-order valence-corrected chi connectivity index (χ1v) is 10.5. The van der Waals surface area contributed by atoms with Crippen LogP contribution >= 0.6 is 0 Å². The van der Waals surface area contributed by atoms with Crippen LogP contribution in [0.3, 0.4) is 0 Å². The number of hydrogen-bond acceptors (Lipinski definition) is 5. The highest BCUT2D eigenvalue weighted by Crippen LogP contribution is 2.32. The van der Waals surface area contributed by atoms with Gasteiger partial charge in [0.05, 0.1) is 0 Å². The van der Waals surface area contributed by atoms with E-state index < -0.39 is 23.9 Å². The van der Waals surface area contributed by atoms with Gasteiger partial charge in [-0.05, 0) is 30.3 Å². The largest absolute Gasteiger partial charge is 0.480 e. The average molecular weight is 448 g/mol. The molecule has 0 aliphatic carbocycles. The van der Waals surface area contributed by atoms with Crippen LogP contribution < -0.4 is 10.2 Å². The molecule has 1 aliphatic rings. The lowest BCUT2D eigenvalue weighted by atomic mass is 10.0. The molecule has 1 fully saturated rings. The van der Waals surface area contributed by atoms with E-state index in [1.165, 1.54) is 0 Å². The normalized spacial score (nSPS) is 15.6. The van der Waals surface area contributed by atoms with Gasteiger partial charge >= 0.3 is 11.9 Å². The maximum atomic E-state index is 12.3. The summed E-state index contributed by atoms with van der Waals surface area (Å²) < 4.78 is 0. The molecule has 0 radical (unpaired) electrons. The van der Waals surface area contributed by atoms with Crippen molar-refractivity contribution >= 4 is 40.1 Å². The Morgan fingerprint density at radius 1 is 0.970 bits per heavy atom. The molecule has 33 heavy (non-hydrogen) atoms. The van der Waals surface area contributed by atoms with E-state index in [-0.39, 0.29) is 0 Å². The molecule has 4 rings (SSSR count). The first-order valence-electron chi connectivity index (χ1n) is 10.5. The quantitative estimate of drug-likeness (QED) is 0.410. The van der Waals surface area contributed by atoms with Crippen LogP contribution in [0.4, 0.5) is 11.4 Å². The van der Waals surface area contributed by atoms with Gasteiger partial charge in [-0.1, -0.05) is 18.2 Å². The minimum atomic E-state index is -1.22. The third kappa shape index (κ3) is 5.04. The lowest BCUT2D eigenvalue weighted by Crippen LogP contribution is -2.49. The summed E-state index contributed by atoms with van der Waals surface area (Å²) in [5.41, 5.74) is 2.93. The molecule has 1 aromatic heterocycles. The number of rotatable bonds is 7. The Hall–Kier alpha value is -4.11. The highest BCUT2D eigenvalue weighted by Gasteiger charge is 2.32. The maximum Gasteiger partial charge on any atom is 0.328 e. The second kappa shape index (κ2) is 9.58. The van der Waals surface area contributed by atoms with Gasteiger partial charge in [-0.2, -0.15) is 0 Å². The number of aromatic nitrogens is 1. The van der Waals surface area contributed by atoms with E-state index >= 15 is 0 Å². The zero-order chi connectivity index (χ0) is 23.4. The van der Waals surface area contributed by atoms with E-state index in [0.29, 0.717) is 42.8 Å². The molecule has 1 amide bonds. The molecule has 0 saturated carbocycles. The zero-order valence-electron chi connectivity index (χ0n) is 17.8. The van der Waals surface area contributed by atoms with Crippen LogP contribution in [0.2, 0.25) is 0 Å². The number of piperazine rings is 1. The number of carbonyl (C=O) groups is 3. The number of hydrogen-bond donors (Lipinski definition) is 4. The van der Waals surface area contributed by atoms with E-state index in [9.17, 15) is 19.5 Å². The fourth-order valence-corrected chi connectivity index (χ4v) is 4.14. The molecule has 1 aliphatic heterocycles. The van der Waals surface area contributed by atoms with Gasteiger partial charge in [0.2, 0.25) is 5.91 Å². The number of nitrogens with one attached hydrogen (secondary N) is 2. The highest BCUT2D eigenvalue weighted by atomic mass is 16.4. The number of anilines is 2. The molecule has 4 N–H and O–H groups in total. The molecule has 0 unspecified atom stereocenters. The molecular formula is C24H24N4O5. The molecule has 2 aromatic carbocycles. The van der Waals surface area contributed by atoms with E-state index in [1.807, 2.05) is 35.2 Å². The van der Waals surface area contributed by atoms with Crippen LogP contribution in [-0.2, 0) is 14.4 Å². The monoisotopic (exact) mass is 448 g/mol. The summed E-state index contributed by atoms with van der Waals surface area (Å²) in [6.45, 7) is 2.62. The summed E-state index contributed by atoms with van der Waals surface area (Å²) in [5.74, 6) is -2.74. The second-order valence-corrected chi connectivity index (χ2v) is 7.76. The van der Waals surface area contributed by atoms with Crippen LogP contribution in [0.5, 0.6) is 0 Å². The molecule has 9 nitrogen and oxygen atoms in total. The van der Waals surface area contributed by atoms with Crippen LogP contribution in [0, 0.1) is 0 Å². The Balaban J connectivity index is 1.55. The van der Waals surface area contributed by atoms with E-state index in [4.69, 9.17) is 5.11 Å². The van der Waals surface area contributed by atoms with E-state index in [2.05, 4.69) is 15.2 Å². The van der Waals surface area contributed by atoms with Gasteiger partial charge in [0.25, 0.3) is 0 Å². The summed E-state index contributed by atoms with van der Waals surface area (Å²) >= 11 is 0. The Kier molecular flexibility index (Phi) is 6.41. The van der Waals surface area contributed by atoms with Crippen molar-refractivity contribution in [1.82, 2.24) is 9.88 Å². The summed E-state index contributed by atoms with van der Waals surface area (Å²) in [6.07, 6.45) is 3.38. The van der Waals surface area contributed by atoms with Crippen LogP contribution in [0.1, 0.15) is 11.6 Å². The van der Waals surface area contributed by atoms with E-state index in [1.54, 1.807) is 24.4 Å². The number of carbonyl (C=O) groups excluding carboxylic acids is 1. The molecule has 1 saturated heterocycles. The van der Waals surface area contributed by atoms with Crippen molar-refractivity contribution in [2.75, 3.05) is 36.4 Å². The third-order valence-electron chi connectivity index (χ3n) is 5.69. The van der Waals surface area contributed by atoms with Gasteiger partial charge < -0.3 is 25.4 Å². The van der Waals surface area contributed by atoms with Crippen LogP contribution in [0.25, 0.3) is 10.9 Å². The maximum absolute atomic E-state index is 12.3. The minimum Gasteiger partial charge on any atom is -0.480 e. The number of H-pyrrole nitrogens is 1. The van der Waals surface area contributed by atoms with Crippen LogP contribution in [-0.4, -0.2) is 64.1 Å². The van der Waals surface area contributed by atoms with E-state index in [0.717, 1.165) is 23.4 Å². The third-order valence-corrected chi connectivity index (χ3v) is 5.69. The number of amides is 1. The smallest absolute Gasteiger partial charge is 0.328 e. The van der Waals surface area contributed by atoms with Crippen molar-refractivity contribution in [3.63, 3.8) is 0 Å². The fourth-order valence-electron chi connectivity index (χ4n) is 4.14. The van der Waals surface area contributed by atoms with Gasteiger partial charge in [-0.15, -0.1) is 0 Å². The van der Waals surface area contributed by atoms with Crippen molar-refractivity contribution in [3.8, 4) is 0 Å². The standard InChI is InChI=1S/C24H24N4O5/c29-21(8-9-22(30)31)26-16-6-7-20-18(14-16)19(15-25-20)23(24(32)33)28-12-10-27(11-13-28)17-4-2-1-3-5-17/h1-9,14-15,23,25H,10-13H2,(H,26,29)(H,30,31)(H,32,33)/b9-8+/t23-/m0/s1. The predicted molar refractivity (Wildman–Crippen MR) is 124 cm³/mol. The molecular weight excluding hydrogens is 424 g/mol. The molecule has 0 bridgehead atoms. The fraction of sp³-hybridized carbons (Fsp3) is 0.208. The van der Waals surface area contributed by atoms with Crippen molar-refractivity contribution in [2.45, 2.75) is 6.04 Å². The number of fused-ring (bicyclic) bond motifs is 1. The van der Waals surface area contributed by atoms with Crippen molar-refractivity contribution in [1.29, 1.82) is 0 Å². The molecule has 2 heterocycles. The molecule has 9 heteroatoms. The zero-order valence-corrected chi connectivity index (χ0v) is 17.8. The number of carboxylic acid groups (broad SMARTS) is 2. The van der Waals surface area contributed by atoms with Crippen molar-refractivity contribution in [3.05, 3.63) is 72.4 Å². The highest BCUT2D eigenvalue weighted by molar-refractivity contribution is 6.03. The Morgan fingerprint density at radius 2 is 1.70 bits per heavy atom. The van der Waals surface area contributed by atoms with Gasteiger partial charge in [0.15, 0.2) is 0 Å². The van der Waals surface area contributed by atoms with Gasteiger partial charge in [-0.3, -0.25) is 14.5 Å². The molecule has 0 spiro atoms. The van der Waals surface area contributed by atoms with Crippen molar-refractivity contribution in [2.24, 2.45) is 0 Å². The van der Waals surface area contributed by atoms with Crippen molar-refractivity contribution < 1.29 is 24.6 Å². The van der Waals surface area contributed by atoms with Gasteiger partial charge in [-0.25, -0.2) is 4.79 Å². The number of benzene rings is 2. The number of para-hydroxylation sites is 1. The average Bonchev–Trinajstić information content (AvgIpc) is 3.21. The summed E-state index contributed by atoms with van der Waals surface area (Å²) in [5, 5.41) is 22.0. The SMILES string of the molecule is O=C(O)/C=C/C(=O)Nc1ccc2[nH]cc([C@@H](C(=O)O)N3CCN(c4ccccc4)CC3)c2c1. The molecule has 1 atom stereocenters. The van der Waals surface area contributed by atoms with Gasteiger partial charge in [0.1, 0.15) is 6.04 Å². The topological polar surface area (TPSA) is 126 Å². The lowest BCUT2D eigenvalue weighted by Gasteiger charge is -2.38. The number of nitrogens with zero attached hydrogens (tertiary/aromatic N) is 2. The number of aliphatic carboxylic acids is 2. The second-order valence-electron chi connectivity index (χ2n) is 7.76. The Morgan fingerprint density at radius 3 is 2.36 bits per heavy atom. The lowest BCUT2D eigenvalue weighted by molar-refractivity contribution is -0.143. The Bertz CT molecular complexity index is 1200. The number of carboxylic acids is 2. The van der Waals surface area contributed by atoms with Gasteiger partial charge in [0, 0.05) is 72.4 Å². The van der Waals surface area contributed by atoms with Crippen LogP contribution in [0.15, 0.2) is 66.9 Å². The summed E-state index contributed by atoms with van der Waals surface area (Å²) in [6, 6.07) is 14.3.